The van der Waals surface area contributed by atoms with Gasteiger partial charge in [-0.15, -0.1) is 3.89 Å². The van der Waals surface area contributed by atoms with Gasteiger partial charge < -0.3 is 37.9 Å². The van der Waals surface area contributed by atoms with Crippen LogP contribution in [0.2, 0.25) is 0 Å². The van der Waals surface area contributed by atoms with Crippen molar-refractivity contribution in [3.63, 3.8) is 0 Å². The van der Waals surface area contributed by atoms with Crippen molar-refractivity contribution >= 4 is 44.3 Å². The van der Waals surface area contributed by atoms with Crippen molar-refractivity contribution in [3.8, 4) is 0 Å². The molecule has 1 aromatic heterocycles. The number of aromatic nitrogens is 1. The molecule has 23 heteroatoms. The van der Waals surface area contributed by atoms with Gasteiger partial charge >= 0.3 is 17.2 Å². The number of benzene rings is 6. The third-order valence-electron chi connectivity index (χ3n) is 15.8. The summed E-state index contributed by atoms with van der Waals surface area (Å²) in [5, 5.41) is 13.2. The van der Waals surface area contributed by atoms with Gasteiger partial charge in [-0.05, 0) is 116 Å². The van der Waals surface area contributed by atoms with Gasteiger partial charge in [-0.1, -0.05) is 158 Å². The number of nitrogens with zero attached hydrogens (tertiary/aromatic N) is 6. The number of aliphatic carboxylic acids is 1. The Balaban J connectivity index is 0.000000259. The molecule has 6 aromatic carbocycles. The van der Waals surface area contributed by atoms with Crippen LogP contribution in [0.3, 0.4) is 0 Å². The fraction of sp³-hybridized carbons (Fsp3) is 0.421. The van der Waals surface area contributed by atoms with Gasteiger partial charge in [0.15, 0.2) is 10.1 Å². The molecule has 2 unspecified atom stereocenters. The second kappa shape index (κ2) is 39.7. The predicted octanol–water partition coefficient (Wildman–Crippen LogP) is 14.2. The summed E-state index contributed by atoms with van der Waals surface area (Å²) >= 11 is 0. The number of ether oxygens (including phenoxy) is 1. The van der Waals surface area contributed by atoms with E-state index < -0.39 is 56.6 Å². The molecular weight excluding hydrogens is 1310 g/mol. The van der Waals surface area contributed by atoms with E-state index in [1.54, 1.807) is 12.4 Å². The number of carbonyl (C=O) groups excluding carboxylic acids is 1. The molecule has 0 aliphatic heterocycles. The van der Waals surface area contributed by atoms with Gasteiger partial charge in [-0.2, -0.15) is 8.78 Å². The van der Waals surface area contributed by atoms with Crippen molar-refractivity contribution in [1.29, 1.82) is 0 Å². The van der Waals surface area contributed by atoms with Gasteiger partial charge in [0.25, 0.3) is 10.5 Å². The molecule has 0 saturated carbocycles. The molecule has 0 spiro atoms. The summed E-state index contributed by atoms with van der Waals surface area (Å²) in [5.74, 6) is -1.70. The molecule has 13 rings (SSSR count). The first-order valence-electron chi connectivity index (χ1n) is 32.8. The van der Waals surface area contributed by atoms with Crippen molar-refractivity contribution in [2.24, 2.45) is 21.8 Å². The van der Waals surface area contributed by atoms with Crippen molar-refractivity contribution in [2.45, 2.75) is 120 Å². The average molecular weight is 1410 g/mol. The van der Waals surface area contributed by atoms with E-state index in [1.165, 1.54) is 50.2 Å². The van der Waals surface area contributed by atoms with E-state index in [0.717, 1.165) is 39.6 Å². The summed E-state index contributed by atoms with van der Waals surface area (Å²) in [5.41, 5.74) is 13.6. The second-order valence-corrected chi connectivity index (χ2v) is 29.3. The Morgan fingerprint density at radius 3 is 1.23 bits per heavy atom. The molecule has 7 aromatic rings. The van der Waals surface area contributed by atoms with Crippen LogP contribution in [0.4, 0.5) is 22.7 Å². The van der Waals surface area contributed by atoms with E-state index in [4.69, 9.17) is 22.8 Å². The number of alkyl halides is 3. The Morgan fingerprint density at radius 2 is 0.939 bits per heavy atom. The lowest BCUT2D eigenvalue weighted by atomic mass is 9.59. The van der Waals surface area contributed by atoms with Crippen LogP contribution in [-0.2, 0) is 48.0 Å². The smallest absolute Gasteiger partial charge is 0.334 e. The zero-order valence-electron chi connectivity index (χ0n) is 58.8. The molecule has 0 radical (unpaired) electrons. The van der Waals surface area contributed by atoms with E-state index >= 15 is 0 Å². The van der Waals surface area contributed by atoms with Crippen molar-refractivity contribution in [1.82, 2.24) is 4.98 Å². The molecule has 0 amide bonds. The Hall–Kier alpha value is -7.99. The SMILES string of the molecule is CC(C)N=C=NC(C)C.CN(C)c1ccncc1.C[N+](C)(C)Cc1ccccc1.C[N+](C)(C)Cc1ccccc1.O=C(O)C1CC2c3ccccc3C1c1ccccc12.O=C(OCCCC(F)(F)S(=O)(=O)[O-])C1CC2c3ccccc3C1c1ccccc12.O=S(=O)([O-])F.OCCCCF. The molecule has 17 nitrogen and oxygen atoms in total. The predicted molar refractivity (Wildman–Crippen MR) is 380 cm³/mol. The Labute approximate surface area is 584 Å². The van der Waals surface area contributed by atoms with Crippen LogP contribution in [-0.4, -0.2) is 162 Å². The Kier molecular flexibility index (Phi) is 33.5. The first-order chi connectivity index (χ1) is 46.5. The van der Waals surface area contributed by atoms with Crippen LogP contribution in [0, 0.1) is 11.8 Å². The van der Waals surface area contributed by atoms with Crippen molar-refractivity contribution < 1.29 is 76.5 Å². The lowest BCUT2D eigenvalue weighted by molar-refractivity contribution is -0.884. The highest BCUT2D eigenvalue weighted by molar-refractivity contribution is 7.86. The first kappa shape index (κ1) is 83.4. The highest BCUT2D eigenvalue weighted by Gasteiger charge is 2.48. The number of carboxylic acid groups (broad SMARTS) is 1. The van der Waals surface area contributed by atoms with Gasteiger partial charge in [0, 0.05) is 80.0 Å². The number of fused-ring (bicyclic) bond motifs is 2. The number of carboxylic acids is 1. The van der Waals surface area contributed by atoms with Crippen LogP contribution in [0.1, 0.15) is 146 Å². The number of pyridine rings is 1. The lowest BCUT2D eigenvalue weighted by Gasteiger charge is -2.44. The summed E-state index contributed by atoms with van der Waals surface area (Å²) in [4.78, 5) is 38.1. The number of aliphatic hydroxyl groups excluding tert-OH is 1. The number of rotatable bonds is 17. The minimum Gasteiger partial charge on any atom is -0.743 e. The molecule has 0 fully saturated rings. The number of hydrogen-bond acceptors (Lipinski definition) is 14. The quantitative estimate of drug-likeness (QED) is 0.0164. The summed E-state index contributed by atoms with van der Waals surface area (Å²) in [6.45, 7) is 9.66. The van der Waals surface area contributed by atoms with E-state index in [2.05, 4.69) is 172 Å². The number of anilines is 1. The van der Waals surface area contributed by atoms with Crippen molar-refractivity contribution in [2.75, 3.05) is 81.2 Å². The molecule has 2 atom stereocenters. The Bertz CT molecular complexity index is 3720. The molecule has 6 aliphatic carbocycles. The van der Waals surface area contributed by atoms with Gasteiger partial charge in [0.2, 0.25) is 0 Å². The monoisotopic (exact) mass is 1410 g/mol. The normalized spacial score (nSPS) is 17.1. The van der Waals surface area contributed by atoms with Crippen LogP contribution in [0.5, 0.6) is 0 Å². The number of aliphatic hydroxyl groups is 1. The summed E-state index contributed by atoms with van der Waals surface area (Å²) in [7, 11) is 6.09. The summed E-state index contributed by atoms with van der Waals surface area (Å²) in [6.07, 6.45) is 4.39. The topological polar surface area (TPSA) is 239 Å². The maximum Gasteiger partial charge on any atom is 0.334 e. The number of esters is 1. The molecule has 99 heavy (non-hydrogen) atoms. The molecule has 538 valence electrons. The first-order valence-corrected chi connectivity index (χ1v) is 35.5. The maximum absolute atomic E-state index is 13.2. The molecule has 0 saturated heterocycles. The fourth-order valence-corrected chi connectivity index (χ4v) is 12.2. The van der Waals surface area contributed by atoms with E-state index in [0.29, 0.717) is 31.3 Å². The number of hydrogen-bond donors (Lipinski definition) is 2. The zero-order chi connectivity index (χ0) is 73.7. The highest BCUT2D eigenvalue weighted by atomic mass is 32.3. The molecule has 4 bridgehead atoms. The third-order valence-corrected chi connectivity index (χ3v) is 16.7. The maximum atomic E-state index is 13.2. The molecule has 1 heterocycles. The minimum atomic E-state index is -5.72. The zero-order valence-corrected chi connectivity index (χ0v) is 60.4. The van der Waals surface area contributed by atoms with Gasteiger partial charge in [-0.3, -0.25) is 19.0 Å². The number of unbranched alkanes of at least 4 members (excludes halogenated alkanes) is 1. The summed E-state index contributed by atoms with van der Waals surface area (Å²) < 4.78 is 112. The summed E-state index contributed by atoms with van der Waals surface area (Å²) in [6, 6.07) is 60.9. The number of carbonyl (C=O) groups is 2. The van der Waals surface area contributed by atoms with Gasteiger partial charge in [0.05, 0.1) is 85.5 Å². The van der Waals surface area contributed by atoms with Crippen LogP contribution < -0.4 is 4.90 Å². The van der Waals surface area contributed by atoms with Crippen LogP contribution in [0.25, 0.3) is 0 Å². The van der Waals surface area contributed by atoms with E-state index in [9.17, 15) is 44.7 Å². The highest BCUT2D eigenvalue weighted by Crippen LogP contribution is 2.57. The number of quaternary nitrogens is 2. The van der Waals surface area contributed by atoms with Gasteiger partial charge in [0.1, 0.15) is 13.1 Å². The van der Waals surface area contributed by atoms with Crippen LogP contribution in [0.15, 0.2) is 192 Å². The van der Waals surface area contributed by atoms with Crippen molar-refractivity contribution in [3.05, 3.63) is 238 Å². The second-order valence-electron chi connectivity index (χ2n) is 27.0. The standard InChI is InChI=1S/C21H20F2O5S.C17H14O2.2C10H16N.C7H10N2.C7H14N2.C4H9FO.FHO3S/c22-21(23,29(25,26)27)10-5-11-28-20(24)18-12-17-13-6-1-3-8-15(13)19(18)16-9-4-2-7-14(16)17;18-17(19)15-9-14-10-5-1-3-7-12(10)16(15)13-8-4-2-6-11(13)14;2*1-11(2,3)9-10-7-5-4-6-8-10;1-9(2)7-3-5-8-6-4-7;1-6(2)8-5-9-7(3)4;5-3-1-2-4-6;1-5(2,3)4/h1-4,6-9,17-19H,5,10-12H2,(H,25,26,27);1-8,14-16H,9H2,(H,18,19);2*4-8H,9H2,1-3H3;3-6H,1-2H3;6-7H,1-4H3;6H,1-4H2;(H,2,3,4)/q;;2*+1;;;;/p-2. The molecule has 6 aliphatic rings. The largest absolute Gasteiger partial charge is 0.743 e. The third kappa shape index (κ3) is 28.6. The van der Waals surface area contributed by atoms with Crippen LogP contribution >= 0.6 is 0 Å². The average Bonchev–Trinajstić information content (AvgIpc) is 0.730. The number of halogens is 4. The lowest BCUT2D eigenvalue weighted by Crippen LogP contribution is -2.37. The minimum absolute atomic E-state index is 0.0231. The van der Waals surface area contributed by atoms with Gasteiger partial charge in [-0.25, -0.2) is 26.8 Å². The Morgan fingerprint density at radius 1 is 0.596 bits per heavy atom. The molecule has 2 N–H and O–H groups in total. The number of aliphatic imine (C=N–C) groups is 2. The fourth-order valence-electron chi connectivity index (χ4n) is 11.8. The van der Waals surface area contributed by atoms with E-state index in [-0.39, 0.29) is 49.5 Å². The van der Waals surface area contributed by atoms with E-state index in [1.807, 2.05) is 107 Å². The molecular formula is C76H98F4N6O11S2.